The highest BCUT2D eigenvalue weighted by molar-refractivity contribution is 9.10. The highest BCUT2D eigenvalue weighted by Gasteiger charge is 2.28. The number of nitrogens with zero attached hydrogens (tertiary/aromatic N) is 2. The minimum Gasteiger partial charge on any atom is -0.345 e. The molecule has 0 unspecified atom stereocenters. The molecule has 1 rings (SSSR count). The first-order valence-corrected chi connectivity index (χ1v) is 6.88. The van der Waals surface area contributed by atoms with Crippen LogP contribution in [0, 0.1) is 0 Å². The van der Waals surface area contributed by atoms with Crippen LogP contribution < -0.4 is 5.32 Å². The molecule has 0 aliphatic rings. The van der Waals surface area contributed by atoms with Crippen molar-refractivity contribution in [2.75, 3.05) is 20.1 Å². The Labute approximate surface area is 128 Å². The Bertz CT molecular complexity index is 528. The molecule has 1 aromatic rings. The number of hydrogen-bond donors (Lipinski definition) is 1. The molecule has 0 aromatic carbocycles. The maximum absolute atomic E-state index is 12.2. The molecule has 0 atom stereocenters. The van der Waals surface area contributed by atoms with E-state index in [1.807, 2.05) is 6.92 Å². The molecule has 0 aliphatic carbocycles. The zero-order chi connectivity index (χ0) is 16.2. The highest BCUT2D eigenvalue weighted by atomic mass is 79.9. The normalized spacial score (nSPS) is 11.3. The second-order valence-electron chi connectivity index (χ2n) is 4.38. The van der Waals surface area contributed by atoms with E-state index in [2.05, 4.69) is 15.9 Å². The summed E-state index contributed by atoms with van der Waals surface area (Å²) in [6.45, 7) is 0.548. The molecule has 0 aliphatic heterocycles. The number of alkyl halides is 3. The van der Waals surface area contributed by atoms with E-state index < -0.39 is 31.1 Å². The van der Waals surface area contributed by atoms with Gasteiger partial charge in [0.25, 0.3) is 5.91 Å². The number of halogens is 4. The molecular formula is C12H15BrF3N3O2. The van der Waals surface area contributed by atoms with Gasteiger partial charge in [-0.2, -0.15) is 13.2 Å². The fourth-order valence-electron chi connectivity index (χ4n) is 1.65. The fraction of sp³-hybridized carbons (Fsp3) is 0.500. The minimum atomic E-state index is -4.47. The summed E-state index contributed by atoms with van der Waals surface area (Å²) in [5.74, 6) is -1.30. The number of hydrogen-bond acceptors (Lipinski definition) is 2. The van der Waals surface area contributed by atoms with Gasteiger partial charge in [0.1, 0.15) is 12.2 Å². The number of aromatic nitrogens is 1. The first-order valence-electron chi connectivity index (χ1n) is 6.08. The van der Waals surface area contributed by atoms with Crippen LogP contribution >= 0.6 is 15.9 Å². The average Bonchev–Trinajstić information content (AvgIpc) is 2.75. The molecular weight excluding hydrogens is 355 g/mol. The number of carbonyl (C=O) groups is 2. The van der Waals surface area contributed by atoms with Crippen LogP contribution in [-0.4, -0.2) is 47.6 Å². The van der Waals surface area contributed by atoms with Crippen molar-refractivity contribution < 1.29 is 22.8 Å². The van der Waals surface area contributed by atoms with Crippen LogP contribution in [0.5, 0.6) is 0 Å². The van der Waals surface area contributed by atoms with Crippen LogP contribution in [0.2, 0.25) is 0 Å². The highest BCUT2D eigenvalue weighted by Crippen LogP contribution is 2.16. The van der Waals surface area contributed by atoms with E-state index >= 15 is 0 Å². The first-order chi connectivity index (χ1) is 9.64. The van der Waals surface area contributed by atoms with Crippen molar-refractivity contribution in [3.63, 3.8) is 0 Å². The molecule has 1 N–H and O–H groups in total. The lowest BCUT2D eigenvalue weighted by atomic mass is 10.3. The third-order valence-electron chi connectivity index (χ3n) is 2.64. The Morgan fingerprint density at radius 3 is 2.57 bits per heavy atom. The van der Waals surface area contributed by atoms with E-state index in [4.69, 9.17) is 0 Å². The smallest absolute Gasteiger partial charge is 0.345 e. The zero-order valence-electron chi connectivity index (χ0n) is 11.5. The average molecular weight is 370 g/mol. The second kappa shape index (κ2) is 6.97. The van der Waals surface area contributed by atoms with Gasteiger partial charge in [-0.3, -0.25) is 9.59 Å². The van der Waals surface area contributed by atoms with Crippen molar-refractivity contribution >= 4 is 27.7 Å². The fourth-order valence-corrected chi connectivity index (χ4v) is 2.12. The quantitative estimate of drug-likeness (QED) is 0.863. The summed E-state index contributed by atoms with van der Waals surface area (Å²) in [6, 6.07) is 1.59. The SMILES string of the molecule is CCn1cc(Br)cc1C(=O)N(C)CC(=O)NCC(F)(F)F. The number of nitrogens with one attached hydrogen (secondary N) is 1. The summed E-state index contributed by atoms with van der Waals surface area (Å²) in [6.07, 6.45) is -2.76. The topological polar surface area (TPSA) is 54.3 Å². The molecule has 5 nitrogen and oxygen atoms in total. The molecule has 21 heavy (non-hydrogen) atoms. The summed E-state index contributed by atoms with van der Waals surface area (Å²) < 4.78 is 38.3. The zero-order valence-corrected chi connectivity index (χ0v) is 13.1. The molecule has 1 aromatic heterocycles. The van der Waals surface area contributed by atoms with Gasteiger partial charge < -0.3 is 14.8 Å². The van der Waals surface area contributed by atoms with Crippen molar-refractivity contribution in [3.8, 4) is 0 Å². The van der Waals surface area contributed by atoms with Crippen LogP contribution in [-0.2, 0) is 11.3 Å². The number of aryl methyl sites for hydroxylation is 1. The van der Waals surface area contributed by atoms with Gasteiger partial charge in [0.05, 0.1) is 6.54 Å². The maximum atomic E-state index is 12.2. The van der Waals surface area contributed by atoms with Gasteiger partial charge in [0.15, 0.2) is 0 Å². The van der Waals surface area contributed by atoms with Crippen LogP contribution in [0.3, 0.4) is 0 Å². The molecule has 0 fully saturated rings. The van der Waals surface area contributed by atoms with Crippen molar-refractivity contribution in [1.82, 2.24) is 14.8 Å². The van der Waals surface area contributed by atoms with E-state index in [-0.39, 0.29) is 0 Å². The molecule has 9 heteroatoms. The summed E-state index contributed by atoms with van der Waals surface area (Å²) in [7, 11) is 1.36. The Morgan fingerprint density at radius 1 is 1.43 bits per heavy atom. The predicted octanol–water partition coefficient (Wildman–Crippen LogP) is 2.02. The molecule has 2 amide bonds. The largest absolute Gasteiger partial charge is 0.405 e. The molecule has 0 saturated carbocycles. The van der Waals surface area contributed by atoms with Crippen molar-refractivity contribution in [2.45, 2.75) is 19.6 Å². The molecule has 1 heterocycles. The van der Waals surface area contributed by atoms with Gasteiger partial charge in [-0.15, -0.1) is 0 Å². The molecule has 118 valence electrons. The maximum Gasteiger partial charge on any atom is 0.405 e. The first kappa shape index (κ1) is 17.5. The van der Waals surface area contributed by atoms with Crippen LogP contribution in [0.25, 0.3) is 0 Å². The monoisotopic (exact) mass is 369 g/mol. The summed E-state index contributed by atoms with van der Waals surface area (Å²) >= 11 is 3.24. The van der Waals surface area contributed by atoms with Crippen LogP contribution in [0.15, 0.2) is 16.7 Å². The lowest BCUT2D eigenvalue weighted by Crippen LogP contribution is -2.42. The Morgan fingerprint density at radius 2 is 2.05 bits per heavy atom. The van der Waals surface area contributed by atoms with Gasteiger partial charge in [0, 0.05) is 24.3 Å². The van der Waals surface area contributed by atoms with Crippen LogP contribution in [0.4, 0.5) is 13.2 Å². The summed E-state index contributed by atoms with van der Waals surface area (Å²) in [5, 5.41) is 1.72. The third kappa shape index (κ3) is 5.41. The number of amides is 2. The van der Waals surface area contributed by atoms with Gasteiger partial charge in [-0.05, 0) is 28.9 Å². The van der Waals surface area contributed by atoms with E-state index in [0.717, 1.165) is 4.90 Å². The van der Waals surface area contributed by atoms with Crippen molar-refractivity contribution in [1.29, 1.82) is 0 Å². The van der Waals surface area contributed by atoms with E-state index in [9.17, 15) is 22.8 Å². The van der Waals surface area contributed by atoms with Gasteiger partial charge in [-0.25, -0.2) is 0 Å². The number of carbonyl (C=O) groups excluding carboxylic acids is 2. The van der Waals surface area contributed by atoms with E-state index in [1.165, 1.54) is 7.05 Å². The molecule has 0 bridgehead atoms. The lowest BCUT2D eigenvalue weighted by Gasteiger charge is -2.18. The van der Waals surface area contributed by atoms with E-state index in [0.29, 0.717) is 16.7 Å². The van der Waals surface area contributed by atoms with Crippen molar-refractivity contribution in [3.05, 3.63) is 22.4 Å². The Kier molecular flexibility index (Phi) is 5.82. The van der Waals surface area contributed by atoms with Crippen molar-refractivity contribution in [2.24, 2.45) is 0 Å². The molecule has 0 radical (unpaired) electrons. The molecule has 0 spiro atoms. The minimum absolute atomic E-state index is 0.357. The number of rotatable bonds is 5. The predicted molar refractivity (Wildman–Crippen MR) is 73.8 cm³/mol. The Hall–Kier alpha value is -1.51. The standard InChI is InChI=1S/C12H15BrF3N3O2/c1-3-19-5-8(13)4-9(19)11(21)18(2)6-10(20)17-7-12(14,15)16/h4-5H,3,6-7H2,1-2H3,(H,17,20). The lowest BCUT2D eigenvalue weighted by molar-refractivity contribution is -0.138. The third-order valence-corrected chi connectivity index (χ3v) is 3.07. The summed E-state index contributed by atoms with van der Waals surface area (Å²) in [4.78, 5) is 24.6. The summed E-state index contributed by atoms with van der Waals surface area (Å²) in [5.41, 5.74) is 0.357. The van der Waals surface area contributed by atoms with E-state index in [1.54, 1.807) is 22.1 Å². The van der Waals surface area contributed by atoms with Gasteiger partial charge in [-0.1, -0.05) is 0 Å². The molecule has 0 saturated heterocycles. The van der Waals surface area contributed by atoms with Gasteiger partial charge >= 0.3 is 6.18 Å². The van der Waals surface area contributed by atoms with Crippen LogP contribution in [0.1, 0.15) is 17.4 Å². The Balaban J connectivity index is 2.64. The van der Waals surface area contributed by atoms with Gasteiger partial charge in [0.2, 0.25) is 5.91 Å². The second-order valence-corrected chi connectivity index (χ2v) is 5.30. The number of likely N-dealkylation sites (N-methyl/N-ethyl adjacent to an activating group) is 1.